The summed E-state index contributed by atoms with van der Waals surface area (Å²) in [5, 5.41) is 2.18. The predicted molar refractivity (Wildman–Crippen MR) is 66.1 cm³/mol. The highest BCUT2D eigenvalue weighted by Gasteiger charge is 1.98. The fourth-order valence-corrected chi connectivity index (χ4v) is 2.65. The van der Waals surface area contributed by atoms with Crippen molar-refractivity contribution in [2.75, 3.05) is 0 Å². The molecule has 74 valence electrons. The van der Waals surface area contributed by atoms with E-state index in [0.29, 0.717) is 0 Å². The summed E-state index contributed by atoms with van der Waals surface area (Å²) in [5.74, 6) is 0. The summed E-state index contributed by atoms with van der Waals surface area (Å²) in [7, 11) is 2.82. The van der Waals surface area contributed by atoms with Crippen LogP contribution in [0.4, 0.5) is 0 Å². The van der Waals surface area contributed by atoms with Crippen LogP contribution in [-0.2, 0) is 6.42 Å². The zero-order chi connectivity index (χ0) is 9.52. The Morgan fingerprint density at radius 1 is 1.23 bits per heavy atom. The summed E-state index contributed by atoms with van der Waals surface area (Å²) in [6.45, 7) is 2.26. The molecule has 1 aromatic heterocycles. The molecule has 0 aliphatic heterocycles. The van der Waals surface area contributed by atoms with Gasteiger partial charge in [-0.1, -0.05) is 41.8 Å². The normalized spacial score (nSPS) is 10.6. The van der Waals surface area contributed by atoms with Gasteiger partial charge in [0, 0.05) is 4.62 Å². The largest absolute Gasteiger partial charge is 0.144 e. The van der Waals surface area contributed by atoms with Crippen molar-refractivity contribution in [1.82, 2.24) is 0 Å². The SMILES string of the molecule is CCCCCCCc1ccsc1P. The van der Waals surface area contributed by atoms with Gasteiger partial charge in [-0.3, -0.25) is 0 Å². The molecule has 0 aliphatic rings. The average Bonchev–Trinajstić information content (AvgIpc) is 2.52. The molecule has 1 atom stereocenters. The number of hydrogen-bond donors (Lipinski definition) is 0. The molecule has 0 saturated heterocycles. The first-order chi connectivity index (χ1) is 6.34. The van der Waals surface area contributed by atoms with Crippen molar-refractivity contribution in [2.24, 2.45) is 0 Å². The van der Waals surface area contributed by atoms with Gasteiger partial charge in [0.15, 0.2) is 0 Å². The second kappa shape index (κ2) is 6.56. The van der Waals surface area contributed by atoms with Gasteiger partial charge in [0.05, 0.1) is 0 Å². The number of hydrogen-bond acceptors (Lipinski definition) is 1. The fraction of sp³-hybridized carbons (Fsp3) is 0.636. The highest BCUT2D eigenvalue weighted by molar-refractivity contribution is 7.43. The maximum Gasteiger partial charge on any atom is 0.0248 e. The molecular formula is C11H19PS. The monoisotopic (exact) mass is 214 g/mol. The molecule has 0 bridgehead atoms. The van der Waals surface area contributed by atoms with E-state index in [4.69, 9.17) is 0 Å². The maximum atomic E-state index is 2.82. The van der Waals surface area contributed by atoms with E-state index in [1.54, 1.807) is 0 Å². The molecule has 0 spiro atoms. The molecule has 13 heavy (non-hydrogen) atoms. The van der Waals surface area contributed by atoms with E-state index in [2.05, 4.69) is 27.6 Å². The maximum absolute atomic E-state index is 2.82. The van der Waals surface area contributed by atoms with E-state index in [0.717, 1.165) is 0 Å². The Morgan fingerprint density at radius 3 is 2.62 bits per heavy atom. The minimum absolute atomic E-state index is 1.27. The van der Waals surface area contributed by atoms with Crippen LogP contribution in [0, 0.1) is 0 Å². The summed E-state index contributed by atoms with van der Waals surface area (Å²) in [4.78, 5) is 0. The third-order valence-corrected chi connectivity index (χ3v) is 3.90. The molecule has 1 aromatic rings. The van der Waals surface area contributed by atoms with Gasteiger partial charge < -0.3 is 0 Å². The minimum atomic E-state index is 1.27. The minimum Gasteiger partial charge on any atom is -0.144 e. The molecule has 0 fully saturated rings. The molecule has 2 heteroatoms. The van der Waals surface area contributed by atoms with Gasteiger partial charge >= 0.3 is 0 Å². The van der Waals surface area contributed by atoms with Crippen molar-refractivity contribution in [2.45, 2.75) is 45.4 Å². The second-order valence-electron chi connectivity index (χ2n) is 3.47. The van der Waals surface area contributed by atoms with Crippen LogP contribution in [0.2, 0.25) is 0 Å². The zero-order valence-electron chi connectivity index (χ0n) is 8.38. The van der Waals surface area contributed by atoms with Crippen molar-refractivity contribution < 1.29 is 0 Å². The number of rotatable bonds is 6. The molecule has 1 heterocycles. The predicted octanol–water partition coefficient (Wildman–Crippen LogP) is 3.76. The fourth-order valence-electron chi connectivity index (χ4n) is 1.47. The average molecular weight is 214 g/mol. The second-order valence-corrected chi connectivity index (χ2v) is 5.42. The van der Waals surface area contributed by atoms with Crippen molar-refractivity contribution in [3.8, 4) is 0 Å². The van der Waals surface area contributed by atoms with E-state index in [1.807, 2.05) is 11.3 Å². The summed E-state index contributed by atoms with van der Waals surface area (Å²) in [6, 6.07) is 2.26. The lowest BCUT2D eigenvalue weighted by Crippen LogP contribution is -1.93. The molecule has 0 N–H and O–H groups in total. The molecule has 0 saturated carbocycles. The molecule has 1 unspecified atom stereocenters. The van der Waals surface area contributed by atoms with Crippen molar-refractivity contribution in [3.05, 3.63) is 17.0 Å². The molecule has 0 amide bonds. The summed E-state index contributed by atoms with van der Waals surface area (Å²) >= 11 is 1.84. The first-order valence-electron chi connectivity index (χ1n) is 5.16. The Labute approximate surface area is 88.0 Å². The summed E-state index contributed by atoms with van der Waals surface area (Å²) in [6.07, 6.45) is 8.18. The van der Waals surface area contributed by atoms with Gasteiger partial charge in [-0.15, -0.1) is 11.3 Å². The van der Waals surface area contributed by atoms with Crippen LogP contribution in [0.25, 0.3) is 0 Å². The number of aryl methyl sites for hydroxylation is 1. The Hall–Kier alpha value is 0.130. The van der Waals surface area contributed by atoms with Crippen LogP contribution in [0.5, 0.6) is 0 Å². The van der Waals surface area contributed by atoms with Crippen molar-refractivity contribution >= 4 is 25.2 Å². The van der Waals surface area contributed by atoms with E-state index in [-0.39, 0.29) is 0 Å². The first-order valence-corrected chi connectivity index (χ1v) is 6.62. The van der Waals surface area contributed by atoms with Crippen molar-refractivity contribution in [1.29, 1.82) is 0 Å². The lowest BCUT2D eigenvalue weighted by atomic mass is 10.1. The van der Waals surface area contributed by atoms with Gasteiger partial charge in [-0.05, 0) is 29.9 Å². The van der Waals surface area contributed by atoms with Gasteiger partial charge in [-0.25, -0.2) is 0 Å². The quantitative estimate of drug-likeness (QED) is 0.499. The summed E-state index contributed by atoms with van der Waals surface area (Å²) < 4.78 is 1.43. The van der Waals surface area contributed by atoms with Crippen LogP contribution >= 0.6 is 20.6 Å². The van der Waals surface area contributed by atoms with Crippen molar-refractivity contribution in [3.63, 3.8) is 0 Å². The standard InChI is InChI=1S/C11H19PS/c1-2-3-4-5-6-7-10-8-9-13-11(10)12/h8-9H,2-7,12H2,1H3. The van der Waals surface area contributed by atoms with Crippen LogP contribution in [0.3, 0.4) is 0 Å². The molecule has 0 radical (unpaired) electrons. The third kappa shape index (κ3) is 4.24. The van der Waals surface area contributed by atoms with Crippen LogP contribution < -0.4 is 4.62 Å². The Kier molecular flexibility index (Phi) is 5.66. The Morgan fingerprint density at radius 2 is 2.00 bits per heavy atom. The van der Waals surface area contributed by atoms with E-state index < -0.39 is 0 Å². The Balaban J connectivity index is 2.10. The topological polar surface area (TPSA) is 0 Å². The van der Waals surface area contributed by atoms with E-state index in [1.165, 1.54) is 48.7 Å². The molecular weight excluding hydrogens is 195 g/mol. The highest BCUT2D eigenvalue weighted by atomic mass is 32.1. The Bertz CT molecular complexity index is 230. The lowest BCUT2D eigenvalue weighted by Gasteiger charge is -1.99. The molecule has 0 aromatic carbocycles. The molecule has 1 rings (SSSR count). The smallest absolute Gasteiger partial charge is 0.0248 e. The van der Waals surface area contributed by atoms with Gasteiger partial charge in [0.1, 0.15) is 0 Å². The van der Waals surface area contributed by atoms with E-state index >= 15 is 0 Å². The zero-order valence-corrected chi connectivity index (χ0v) is 10.4. The van der Waals surface area contributed by atoms with E-state index in [9.17, 15) is 0 Å². The summed E-state index contributed by atoms with van der Waals surface area (Å²) in [5.41, 5.74) is 1.53. The van der Waals surface area contributed by atoms with Gasteiger partial charge in [-0.2, -0.15) is 0 Å². The third-order valence-electron chi connectivity index (χ3n) is 2.33. The van der Waals surface area contributed by atoms with Crippen LogP contribution in [-0.4, -0.2) is 0 Å². The van der Waals surface area contributed by atoms with Gasteiger partial charge in [0.2, 0.25) is 0 Å². The van der Waals surface area contributed by atoms with Crippen LogP contribution in [0.15, 0.2) is 11.4 Å². The van der Waals surface area contributed by atoms with Crippen LogP contribution in [0.1, 0.15) is 44.6 Å². The molecule has 0 nitrogen and oxygen atoms in total. The van der Waals surface area contributed by atoms with Gasteiger partial charge in [0.25, 0.3) is 0 Å². The first kappa shape index (κ1) is 11.2. The number of unbranched alkanes of at least 4 members (excludes halogenated alkanes) is 4. The number of thiophene rings is 1. The lowest BCUT2D eigenvalue weighted by molar-refractivity contribution is 0.633. The molecule has 0 aliphatic carbocycles. The highest BCUT2D eigenvalue weighted by Crippen LogP contribution is 2.12.